The Morgan fingerprint density at radius 1 is 1.20 bits per heavy atom. The van der Waals surface area contributed by atoms with Crippen molar-refractivity contribution in [3.05, 3.63) is 46.1 Å². The van der Waals surface area contributed by atoms with Crippen molar-refractivity contribution in [3.63, 3.8) is 0 Å². The zero-order chi connectivity index (χ0) is 25.8. The lowest BCUT2D eigenvalue weighted by atomic mass is 9.52. The Morgan fingerprint density at radius 2 is 1.94 bits per heavy atom. The van der Waals surface area contributed by atoms with Gasteiger partial charge < -0.3 is 20.1 Å². The molecule has 0 aromatic carbocycles. The van der Waals surface area contributed by atoms with Crippen LogP contribution in [0.2, 0.25) is 0 Å². The number of aliphatic hydroxyl groups is 3. The number of ether oxygens (including phenoxy) is 1. The SMILES string of the molecule is CC(C)=CCC/C(C)=C/[C@H]1C=C(CO)[C@@H]2CC[C@]3([C@H](CCCO)/C(=C(\C)C=O)CC[C@]3(C)O)[C@@H]2O1. The van der Waals surface area contributed by atoms with Crippen molar-refractivity contribution in [2.45, 2.75) is 104 Å². The van der Waals surface area contributed by atoms with E-state index in [0.29, 0.717) is 25.7 Å². The standard InChI is InChI=1S/C30H46O5/c1-20(2)8-6-9-21(3)16-24-17-23(19-33)26-12-14-30(28(26)35-24)27(10-7-15-31)25(22(4)18-32)11-13-29(30,5)34/h8,16-18,24,26-28,31,33-34H,6-7,9-15,19H2,1-5H3/b21-16+,25-22+/t24-,26-,27+,28+,29-,30-/m0/s1. The van der Waals surface area contributed by atoms with Gasteiger partial charge in [0.15, 0.2) is 0 Å². The summed E-state index contributed by atoms with van der Waals surface area (Å²) in [7, 11) is 0. The van der Waals surface area contributed by atoms with Gasteiger partial charge in [0.2, 0.25) is 0 Å². The molecule has 5 nitrogen and oxygen atoms in total. The second kappa shape index (κ2) is 11.7. The largest absolute Gasteiger partial charge is 0.396 e. The van der Waals surface area contributed by atoms with E-state index in [1.165, 1.54) is 11.1 Å². The summed E-state index contributed by atoms with van der Waals surface area (Å²) in [5.74, 6) is 0.00894. The molecule has 0 aromatic heterocycles. The van der Waals surface area contributed by atoms with E-state index >= 15 is 0 Å². The molecule has 1 spiro atoms. The number of carbonyl (C=O) groups excluding carboxylic acids is 1. The van der Waals surface area contributed by atoms with Gasteiger partial charge in [-0.1, -0.05) is 34.9 Å². The Morgan fingerprint density at radius 3 is 2.57 bits per heavy atom. The van der Waals surface area contributed by atoms with Crippen LogP contribution in [-0.2, 0) is 9.53 Å². The fraction of sp³-hybridized carbons (Fsp3) is 0.700. The number of aldehydes is 1. The molecule has 3 rings (SSSR count). The predicted molar refractivity (Wildman–Crippen MR) is 140 cm³/mol. The number of aliphatic hydroxyl groups excluding tert-OH is 2. The smallest absolute Gasteiger partial charge is 0.145 e. The van der Waals surface area contributed by atoms with E-state index in [4.69, 9.17) is 4.74 Å². The summed E-state index contributed by atoms with van der Waals surface area (Å²) in [5, 5.41) is 31.9. The maximum absolute atomic E-state index is 11.9. The molecule has 6 atom stereocenters. The van der Waals surface area contributed by atoms with Gasteiger partial charge in [-0.05, 0) is 103 Å². The van der Waals surface area contributed by atoms with Crippen molar-refractivity contribution in [1.29, 1.82) is 0 Å². The summed E-state index contributed by atoms with van der Waals surface area (Å²) < 4.78 is 6.83. The summed E-state index contributed by atoms with van der Waals surface area (Å²) >= 11 is 0. The first-order valence-corrected chi connectivity index (χ1v) is 13.4. The topological polar surface area (TPSA) is 87.0 Å². The van der Waals surface area contributed by atoms with E-state index in [-0.39, 0.29) is 37.3 Å². The van der Waals surface area contributed by atoms with Crippen LogP contribution in [0.25, 0.3) is 0 Å². The lowest BCUT2D eigenvalue weighted by molar-refractivity contribution is -0.190. The minimum Gasteiger partial charge on any atom is -0.396 e. The van der Waals surface area contributed by atoms with Crippen LogP contribution in [-0.4, -0.2) is 52.6 Å². The zero-order valence-corrected chi connectivity index (χ0v) is 22.3. The van der Waals surface area contributed by atoms with Gasteiger partial charge in [0.05, 0.1) is 24.4 Å². The minimum absolute atomic E-state index is 0.0126. The normalized spacial score (nSPS) is 36.6. The summed E-state index contributed by atoms with van der Waals surface area (Å²) in [4.78, 5) is 11.8. The Hall–Kier alpha value is -1.53. The number of carbonyl (C=O) groups is 1. The summed E-state index contributed by atoms with van der Waals surface area (Å²) in [6, 6.07) is 0. The molecule has 2 fully saturated rings. The number of allylic oxidation sites excluding steroid dienone is 5. The molecule has 0 bridgehead atoms. The monoisotopic (exact) mass is 486 g/mol. The molecule has 1 aliphatic heterocycles. The fourth-order valence-corrected chi connectivity index (χ4v) is 7.09. The van der Waals surface area contributed by atoms with Crippen molar-refractivity contribution in [2.75, 3.05) is 13.2 Å². The third kappa shape index (κ3) is 5.58. The Labute approximate surface area is 211 Å². The molecule has 0 unspecified atom stereocenters. The lowest BCUT2D eigenvalue weighted by Crippen LogP contribution is -2.61. The van der Waals surface area contributed by atoms with E-state index < -0.39 is 11.0 Å². The minimum atomic E-state index is -0.968. The molecule has 0 radical (unpaired) electrons. The molecule has 0 saturated heterocycles. The van der Waals surface area contributed by atoms with E-state index in [9.17, 15) is 20.1 Å². The second-order valence-electron chi connectivity index (χ2n) is 11.5. The first kappa shape index (κ1) is 28.0. The third-order valence-electron chi connectivity index (χ3n) is 8.88. The molecule has 0 amide bonds. The number of fused-ring (bicyclic) bond motifs is 2. The molecular weight excluding hydrogens is 440 g/mol. The molecule has 5 heteroatoms. The van der Waals surface area contributed by atoms with Crippen LogP contribution >= 0.6 is 0 Å². The molecule has 2 aliphatic carbocycles. The van der Waals surface area contributed by atoms with Crippen molar-refractivity contribution < 1.29 is 24.9 Å². The summed E-state index contributed by atoms with van der Waals surface area (Å²) in [6.45, 7) is 10.2. The van der Waals surface area contributed by atoms with Crippen LogP contribution in [0.1, 0.15) is 86.0 Å². The highest BCUT2D eigenvalue weighted by atomic mass is 16.5. The quantitative estimate of drug-likeness (QED) is 0.237. The van der Waals surface area contributed by atoms with E-state index in [1.54, 1.807) is 0 Å². The molecule has 35 heavy (non-hydrogen) atoms. The Balaban J connectivity index is 2.03. The van der Waals surface area contributed by atoms with Crippen molar-refractivity contribution >= 4 is 6.29 Å². The van der Waals surface area contributed by atoms with Crippen LogP contribution in [0.15, 0.2) is 46.1 Å². The van der Waals surface area contributed by atoms with Crippen LogP contribution in [0.5, 0.6) is 0 Å². The van der Waals surface area contributed by atoms with E-state index in [2.05, 4.69) is 39.0 Å². The number of hydrogen-bond acceptors (Lipinski definition) is 5. The van der Waals surface area contributed by atoms with Gasteiger partial charge in [0.25, 0.3) is 0 Å². The van der Waals surface area contributed by atoms with Crippen molar-refractivity contribution in [3.8, 4) is 0 Å². The summed E-state index contributed by atoms with van der Waals surface area (Å²) in [5.41, 5.74) is 3.87. The van der Waals surface area contributed by atoms with Gasteiger partial charge in [0, 0.05) is 17.9 Å². The van der Waals surface area contributed by atoms with Crippen LogP contribution in [0, 0.1) is 17.3 Å². The van der Waals surface area contributed by atoms with Gasteiger partial charge in [-0.2, -0.15) is 0 Å². The Bertz CT molecular complexity index is 888. The first-order valence-electron chi connectivity index (χ1n) is 13.4. The molecular formula is C30H46O5. The third-order valence-corrected chi connectivity index (χ3v) is 8.88. The maximum Gasteiger partial charge on any atom is 0.145 e. The molecule has 3 aliphatic rings. The highest BCUT2D eigenvalue weighted by Gasteiger charge is 2.65. The summed E-state index contributed by atoms with van der Waals surface area (Å²) in [6.07, 6.45) is 13.0. The van der Waals surface area contributed by atoms with Gasteiger partial charge in [-0.3, -0.25) is 4.79 Å². The van der Waals surface area contributed by atoms with Gasteiger partial charge in [-0.25, -0.2) is 0 Å². The van der Waals surface area contributed by atoms with Gasteiger partial charge >= 0.3 is 0 Å². The van der Waals surface area contributed by atoms with Crippen molar-refractivity contribution in [1.82, 2.24) is 0 Å². The van der Waals surface area contributed by atoms with Crippen molar-refractivity contribution in [2.24, 2.45) is 17.3 Å². The van der Waals surface area contributed by atoms with Crippen LogP contribution in [0.4, 0.5) is 0 Å². The zero-order valence-electron chi connectivity index (χ0n) is 22.3. The molecule has 3 N–H and O–H groups in total. The first-order chi connectivity index (χ1) is 16.6. The predicted octanol–water partition coefficient (Wildman–Crippen LogP) is 5.21. The van der Waals surface area contributed by atoms with E-state index in [1.807, 2.05) is 13.8 Å². The molecule has 2 saturated carbocycles. The Kier molecular flexibility index (Phi) is 9.36. The average molecular weight is 487 g/mol. The van der Waals surface area contributed by atoms with Gasteiger partial charge in [0.1, 0.15) is 6.29 Å². The average Bonchev–Trinajstić information content (AvgIpc) is 3.19. The number of rotatable bonds is 9. The highest BCUT2D eigenvalue weighted by molar-refractivity contribution is 5.74. The maximum atomic E-state index is 11.9. The second-order valence-corrected chi connectivity index (χ2v) is 11.5. The lowest BCUT2D eigenvalue weighted by Gasteiger charge is -2.57. The van der Waals surface area contributed by atoms with E-state index in [0.717, 1.165) is 48.7 Å². The van der Waals surface area contributed by atoms with Crippen LogP contribution in [0.3, 0.4) is 0 Å². The van der Waals surface area contributed by atoms with Gasteiger partial charge in [-0.15, -0.1) is 0 Å². The highest BCUT2D eigenvalue weighted by Crippen LogP contribution is 2.64. The van der Waals surface area contributed by atoms with Crippen LogP contribution < -0.4 is 0 Å². The molecule has 0 aromatic rings. The fourth-order valence-electron chi connectivity index (χ4n) is 7.09. The molecule has 196 valence electrons. The molecule has 1 heterocycles. The number of hydrogen-bond donors (Lipinski definition) is 3.